The Morgan fingerprint density at radius 1 is 1.12 bits per heavy atom. The first-order valence-electron chi connectivity index (χ1n) is 6.91. The predicted octanol–water partition coefficient (Wildman–Crippen LogP) is 1.19. The van der Waals surface area contributed by atoms with Gasteiger partial charge in [-0.1, -0.05) is 0 Å². The number of hydrogen-bond donors (Lipinski definition) is 2. The van der Waals surface area contributed by atoms with Gasteiger partial charge in [-0.3, -0.25) is 9.59 Å². The molecule has 0 saturated heterocycles. The number of anilines is 1. The maximum absolute atomic E-state index is 11.9. The van der Waals surface area contributed by atoms with Crippen molar-refractivity contribution in [3.05, 3.63) is 52.4 Å². The van der Waals surface area contributed by atoms with Crippen LogP contribution in [0.3, 0.4) is 0 Å². The van der Waals surface area contributed by atoms with Gasteiger partial charge in [0.1, 0.15) is 17.1 Å². The van der Waals surface area contributed by atoms with Crippen LogP contribution in [-0.4, -0.2) is 37.7 Å². The van der Waals surface area contributed by atoms with E-state index in [2.05, 4.69) is 10.3 Å². The SMILES string of the molecule is COc1cc(NC(=O)COC(=O)c2ccc[nH]c2=O)cc(OC)c1. The van der Waals surface area contributed by atoms with Crippen molar-refractivity contribution in [3.63, 3.8) is 0 Å². The number of carbonyl (C=O) groups excluding carboxylic acids is 2. The third-order valence-electron chi connectivity index (χ3n) is 3.01. The van der Waals surface area contributed by atoms with Crippen molar-refractivity contribution in [2.45, 2.75) is 0 Å². The van der Waals surface area contributed by atoms with E-state index in [1.165, 1.54) is 32.5 Å². The summed E-state index contributed by atoms with van der Waals surface area (Å²) in [6.07, 6.45) is 1.39. The summed E-state index contributed by atoms with van der Waals surface area (Å²) >= 11 is 0. The van der Waals surface area contributed by atoms with E-state index >= 15 is 0 Å². The van der Waals surface area contributed by atoms with Gasteiger partial charge in [0.2, 0.25) is 0 Å². The fraction of sp³-hybridized carbons (Fsp3) is 0.188. The van der Waals surface area contributed by atoms with Crippen LogP contribution in [-0.2, 0) is 9.53 Å². The zero-order valence-corrected chi connectivity index (χ0v) is 13.1. The number of rotatable bonds is 6. The minimum Gasteiger partial charge on any atom is -0.497 e. The van der Waals surface area contributed by atoms with Crippen molar-refractivity contribution in [1.29, 1.82) is 0 Å². The highest BCUT2D eigenvalue weighted by Crippen LogP contribution is 2.25. The highest BCUT2D eigenvalue weighted by molar-refractivity contribution is 5.95. The number of methoxy groups -OCH3 is 2. The first-order valence-corrected chi connectivity index (χ1v) is 6.91. The minimum atomic E-state index is -0.879. The molecule has 1 amide bonds. The average Bonchev–Trinajstić information content (AvgIpc) is 2.59. The van der Waals surface area contributed by atoms with E-state index in [0.717, 1.165) is 0 Å². The Balaban J connectivity index is 1.98. The molecular weight excluding hydrogens is 316 g/mol. The average molecular weight is 332 g/mol. The molecular formula is C16H16N2O6. The molecule has 0 radical (unpaired) electrons. The fourth-order valence-corrected chi connectivity index (χ4v) is 1.87. The molecule has 0 saturated carbocycles. The molecule has 126 valence electrons. The zero-order valence-electron chi connectivity index (χ0n) is 13.1. The summed E-state index contributed by atoms with van der Waals surface area (Å²) in [6.45, 7) is -0.535. The number of nitrogens with one attached hydrogen (secondary N) is 2. The van der Waals surface area contributed by atoms with E-state index in [4.69, 9.17) is 14.2 Å². The number of aromatic amines is 1. The van der Waals surface area contributed by atoms with E-state index in [0.29, 0.717) is 17.2 Å². The molecule has 0 atom stereocenters. The van der Waals surface area contributed by atoms with Crippen molar-refractivity contribution in [2.24, 2.45) is 0 Å². The summed E-state index contributed by atoms with van der Waals surface area (Å²) in [6, 6.07) is 7.62. The Hall–Kier alpha value is -3.29. The van der Waals surface area contributed by atoms with Gasteiger partial charge in [-0.25, -0.2) is 4.79 Å². The Morgan fingerprint density at radius 2 is 1.79 bits per heavy atom. The molecule has 2 aromatic rings. The van der Waals surface area contributed by atoms with Gasteiger partial charge >= 0.3 is 5.97 Å². The number of esters is 1. The van der Waals surface area contributed by atoms with Gasteiger partial charge in [-0.2, -0.15) is 0 Å². The normalized spacial score (nSPS) is 9.92. The third-order valence-corrected chi connectivity index (χ3v) is 3.01. The van der Waals surface area contributed by atoms with E-state index in [1.807, 2.05) is 0 Å². The van der Waals surface area contributed by atoms with Gasteiger partial charge in [0, 0.05) is 30.1 Å². The molecule has 1 aromatic carbocycles. The largest absolute Gasteiger partial charge is 0.497 e. The van der Waals surface area contributed by atoms with E-state index in [1.54, 1.807) is 18.2 Å². The summed E-state index contributed by atoms with van der Waals surface area (Å²) in [7, 11) is 2.97. The first-order chi connectivity index (χ1) is 11.5. The molecule has 2 rings (SSSR count). The topological polar surface area (TPSA) is 107 Å². The molecule has 0 unspecified atom stereocenters. The second-order valence-corrected chi connectivity index (χ2v) is 4.64. The Morgan fingerprint density at radius 3 is 2.38 bits per heavy atom. The Bertz CT molecular complexity index is 777. The van der Waals surface area contributed by atoms with Crippen LogP contribution in [0.1, 0.15) is 10.4 Å². The minimum absolute atomic E-state index is 0.173. The summed E-state index contributed by atoms with van der Waals surface area (Å²) in [4.78, 5) is 37.4. The van der Waals surface area contributed by atoms with Crippen LogP contribution in [0.15, 0.2) is 41.3 Å². The van der Waals surface area contributed by atoms with Crippen LogP contribution in [0.5, 0.6) is 11.5 Å². The zero-order chi connectivity index (χ0) is 17.5. The predicted molar refractivity (Wildman–Crippen MR) is 85.5 cm³/mol. The van der Waals surface area contributed by atoms with Crippen LogP contribution < -0.4 is 20.3 Å². The first kappa shape index (κ1) is 17.1. The number of H-pyrrole nitrogens is 1. The third kappa shape index (κ3) is 4.35. The molecule has 0 aliphatic carbocycles. The van der Waals surface area contributed by atoms with Crippen LogP contribution in [0.25, 0.3) is 0 Å². The molecule has 0 aliphatic rings. The highest BCUT2D eigenvalue weighted by atomic mass is 16.5. The number of amides is 1. The molecule has 8 nitrogen and oxygen atoms in total. The number of aromatic nitrogens is 1. The summed E-state index contributed by atoms with van der Waals surface area (Å²) in [5.41, 5.74) is -0.335. The number of hydrogen-bond acceptors (Lipinski definition) is 6. The Kier molecular flexibility index (Phi) is 5.56. The second-order valence-electron chi connectivity index (χ2n) is 4.64. The van der Waals surface area contributed by atoms with Gasteiger partial charge in [0.05, 0.1) is 14.2 Å². The van der Waals surface area contributed by atoms with Crippen molar-refractivity contribution >= 4 is 17.6 Å². The standard InChI is InChI=1S/C16H16N2O6/c1-22-11-6-10(7-12(8-11)23-2)18-14(19)9-24-16(21)13-4-3-5-17-15(13)20/h3-8H,9H2,1-2H3,(H,17,20)(H,18,19). The number of pyridine rings is 1. The molecule has 0 fully saturated rings. The summed E-state index contributed by atoms with van der Waals surface area (Å²) in [5, 5.41) is 2.55. The molecule has 0 spiro atoms. The van der Waals surface area contributed by atoms with Crippen LogP contribution >= 0.6 is 0 Å². The molecule has 8 heteroatoms. The van der Waals surface area contributed by atoms with Gasteiger partial charge in [-0.05, 0) is 12.1 Å². The van der Waals surface area contributed by atoms with Crippen molar-refractivity contribution in [1.82, 2.24) is 4.98 Å². The molecule has 2 N–H and O–H groups in total. The number of carbonyl (C=O) groups is 2. The molecule has 0 aliphatic heterocycles. The monoisotopic (exact) mass is 332 g/mol. The lowest BCUT2D eigenvalue weighted by molar-refractivity contribution is -0.119. The molecule has 1 aromatic heterocycles. The van der Waals surface area contributed by atoms with Gasteiger partial charge in [-0.15, -0.1) is 0 Å². The van der Waals surface area contributed by atoms with Gasteiger partial charge in [0.15, 0.2) is 6.61 Å². The maximum Gasteiger partial charge on any atom is 0.344 e. The molecule has 1 heterocycles. The smallest absolute Gasteiger partial charge is 0.344 e. The molecule has 24 heavy (non-hydrogen) atoms. The Labute approximate surface area is 137 Å². The lowest BCUT2D eigenvalue weighted by Gasteiger charge is -2.10. The van der Waals surface area contributed by atoms with Crippen LogP contribution in [0.4, 0.5) is 5.69 Å². The lowest BCUT2D eigenvalue weighted by Crippen LogP contribution is -2.24. The number of benzene rings is 1. The van der Waals surface area contributed by atoms with E-state index < -0.39 is 24.0 Å². The van der Waals surface area contributed by atoms with E-state index in [-0.39, 0.29) is 5.56 Å². The van der Waals surface area contributed by atoms with E-state index in [9.17, 15) is 14.4 Å². The van der Waals surface area contributed by atoms with Crippen molar-refractivity contribution in [3.8, 4) is 11.5 Å². The van der Waals surface area contributed by atoms with Crippen LogP contribution in [0, 0.1) is 0 Å². The summed E-state index contributed by atoms with van der Waals surface area (Å²) < 4.78 is 15.0. The van der Waals surface area contributed by atoms with Crippen LogP contribution in [0.2, 0.25) is 0 Å². The van der Waals surface area contributed by atoms with Gasteiger partial charge in [0.25, 0.3) is 11.5 Å². The van der Waals surface area contributed by atoms with Crippen molar-refractivity contribution < 1.29 is 23.8 Å². The number of ether oxygens (including phenoxy) is 3. The second kappa shape index (κ2) is 7.82. The lowest BCUT2D eigenvalue weighted by atomic mass is 10.2. The molecule has 0 bridgehead atoms. The quantitative estimate of drug-likeness (QED) is 0.770. The maximum atomic E-state index is 11.9. The highest BCUT2D eigenvalue weighted by Gasteiger charge is 2.14. The van der Waals surface area contributed by atoms with Crippen molar-refractivity contribution in [2.75, 3.05) is 26.1 Å². The summed E-state index contributed by atoms with van der Waals surface area (Å²) in [5.74, 6) is -0.448. The van der Waals surface area contributed by atoms with Gasteiger partial charge < -0.3 is 24.5 Å². The fourth-order valence-electron chi connectivity index (χ4n) is 1.87.